The lowest BCUT2D eigenvalue weighted by molar-refractivity contribution is -0.116. The highest BCUT2D eigenvalue weighted by Crippen LogP contribution is 2.36. The van der Waals surface area contributed by atoms with Crippen LogP contribution in [0.2, 0.25) is 5.02 Å². The minimum absolute atomic E-state index is 0.175. The fourth-order valence-electron chi connectivity index (χ4n) is 3.44. The minimum Gasteiger partial charge on any atom is -0.491 e. The van der Waals surface area contributed by atoms with E-state index in [1.165, 1.54) is 11.6 Å². The fourth-order valence-corrected chi connectivity index (χ4v) is 3.74. The number of rotatable bonds is 9. The van der Waals surface area contributed by atoms with Crippen LogP contribution in [0.5, 0.6) is 11.5 Å². The van der Waals surface area contributed by atoms with Gasteiger partial charge in [-0.1, -0.05) is 35.9 Å². The highest BCUT2D eigenvalue weighted by molar-refractivity contribution is 6.32. The summed E-state index contributed by atoms with van der Waals surface area (Å²) in [7, 11) is 1.55. The van der Waals surface area contributed by atoms with Crippen molar-refractivity contribution in [1.82, 2.24) is 10.2 Å². The molecule has 31 heavy (non-hydrogen) atoms. The molecule has 6 nitrogen and oxygen atoms in total. The smallest absolute Gasteiger partial charge is 0.244 e. The molecule has 1 N–H and O–H groups in total. The number of hydrogen-bond acceptors (Lipinski definition) is 5. The molecule has 1 heterocycles. The van der Waals surface area contributed by atoms with Crippen LogP contribution < -0.4 is 14.8 Å². The Morgan fingerprint density at radius 2 is 1.97 bits per heavy atom. The van der Waals surface area contributed by atoms with Gasteiger partial charge in [0.05, 0.1) is 32.0 Å². The largest absolute Gasteiger partial charge is 0.491 e. The maximum Gasteiger partial charge on any atom is 0.244 e. The molecular weight excluding hydrogens is 416 g/mol. The van der Waals surface area contributed by atoms with Crippen molar-refractivity contribution in [2.75, 3.05) is 40.0 Å². The molecule has 166 valence electrons. The van der Waals surface area contributed by atoms with Gasteiger partial charge >= 0.3 is 0 Å². The van der Waals surface area contributed by atoms with Gasteiger partial charge in [-0.25, -0.2) is 0 Å². The number of carbonyl (C=O) groups excluding carboxylic acids is 1. The lowest BCUT2D eigenvalue weighted by Crippen LogP contribution is -2.36. The third-order valence-corrected chi connectivity index (χ3v) is 5.31. The van der Waals surface area contributed by atoms with Crippen LogP contribution in [-0.2, 0) is 22.6 Å². The fraction of sp³-hybridized carbons (Fsp3) is 0.375. The second-order valence-corrected chi connectivity index (χ2v) is 7.58. The summed E-state index contributed by atoms with van der Waals surface area (Å²) < 4.78 is 16.3. The first-order chi connectivity index (χ1) is 15.1. The molecule has 2 aromatic rings. The molecule has 1 aliphatic rings. The van der Waals surface area contributed by atoms with Gasteiger partial charge in [0.2, 0.25) is 5.91 Å². The number of amides is 1. The number of nitrogens with one attached hydrogen (secondary N) is 1. The van der Waals surface area contributed by atoms with Crippen molar-refractivity contribution in [2.45, 2.75) is 20.0 Å². The van der Waals surface area contributed by atoms with E-state index in [0.717, 1.165) is 44.0 Å². The molecule has 0 bridgehead atoms. The zero-order chi connectivity index (χ0) is 22.1. The van der Waals surface area contributed by atoms with Crippen molar-refractivity contribution >= 4 is 23.6 Å². The van der Waals surface area contributed by atoms with Crippen LogP contribution in [0.3, 0.4) is 0 Å². The second-order valence-electron chi connectivity index (χ2n) is 7.18. The molecule has 0 radical (unpaired) electrons. The first kappa shape index (κ1) is 23.1. The Morgan fingerprint density at radius 1 is 1.23 bits per heavy atom. The van der Waals surface area contributed by atoms with Crippen LogP contribution in [0.25, 0.3) is 6.08 Å². The third kappa shape index (κ3) is 6.72. The number of methoxy groups -OCH3 is 1. The molecule has 3 rings (SSSR count). The molecule has 0 unspecified atom stereocenters. The number of hydrogen-bond donors (Lipinski definition) is 1. The van der Waals surface area contributed by atoms with E-state index in [4.69, 9.17) is 25.8 Å². The average molecular weight is 445 g/mol. The van der Waals surface area contributed by atoms with Gasteiger partial charge in [-0.2, -0.15) is 0 Å². The molecule has 0 saturated carbocycles. The average Bonchev–Trinajstić information content (AvgIpc) is 2.78. The van der Waals surface area contributed by atoms with Gasteiger partial charge in [0.15, 0.2) is 11.5 Å². The van der Waals surface area contributed by atoms with E-state index >= 15 is 0 Å². The summed E-state index contributed by atoms with van der Waals surface area (Å²) in [5, 5.41) is 3.40. The highest BCUT2D eigenvalue weighted by Gasteiger charge is 2.13. The molecule has 1 fully saturated rings. The van der Waals surface area contributed by atoms with Gasteiger partial charge in [-0.05, 0) is 41.8 Å². The number of ether oxygens (including phenoxy) is 3. The van der Waals surface area contributed by atoms with Crippen molar-refractivity contribution < 1.29 is 19.0 Å². The van der Waals surface area contributed by atoms with Crippen molar-refractivity contribution in [3.8, 4) is 11.5 Å². The maximum atomic E-state index is 12.4. The Morgan fingerprint density at radius 3 is 2.68 bits per heavy atom. The first-order valence-electron chi connectivity index (χ1n) is 10.4. The predicted octanol–water partition coefficient (Wildman–Crippen LogP) is 3.91. The zero-order valence-electron chi connectivity index (χ0n) is 18.0. The third-order valence-electron chi connectivity index (χ3n) is 5.03. The van der Waals surface area contributed by atoms with Gasteiger partial charge in [-0.3, -0.25) is 9.69 Å². The summed E-state index contributed by atoms with van der Waals surface area (Å²) >= 11 is 6.27. The van der Waals surface area contributed by atoms with Crippen LogP contribution >= 0.6 is 11.6 Å². The Labute approximate surface area is 188 Å². The summed E-state index contributed by atoms with van der Waals surface area (Å²) in [6, 6.07) is 11.7. The molecule has 0 spiro atoms. The number of carbonyl (C=O) groups is 1. The van der Waals surface area contributed by atoms with E-state index < -0.39 is 0 Å². The maximum absolute atomic E-state index is 12.4. The van der Waals surface area contributed by atoms with Gasteiger partial charge in [0.25, 0.3) is 0 Å². The molecule has 7 heteroatoms. The second kappa shape index (κ2) is 11.7. The van der Waals surface area contributed by atoms with Gasteiger partial charge in [-0.15, -0.1) is 0 Å². The number of morpholine rings is 1. The normalized spacial score (nSPS) is 14.5. The van der Waals surface area contributed by atoms with Crippen molar-refractivity contribution in [2.24, 2.45) is 0 Å². The Hall–Kier alpha value is -2.54. The highest BCUT2D eigenvalue weighted by atomic mass is 35.5. The van der Waals surface area contributed by atoms with E-state index in [0.29, 0.717) is 29.7 Å². The Kier molecular flexibility index (Phi) is 8.76. The summed E-state index contributed by atoms with van der Waals surface area (Å²) in [6.45, 7) is 7.10. The van der Waals surface area contributed by atoms with Crippen LogP contribution in [0.4, 0.5) is 0 Å². The number of nitrogens with zero attached hydrogens (tertiary/aromatic N) is 1. The molecular formula is C24H29ClN2O4. The monoisotopic (exact) mass is 444 g/mol. The standard InChI is InChI=1S/C24H29ClN2O4/c1-3-31-22-15-18(14-21(25)24(22)29-2)8-9-23(28)26-16-19-6-4-5-7-20(19)17-27-10-12-30-13-11-27/h4-9,14-15H,3,10-13,16-17H2,1-2H3,(H,26,28). The van der Waals surface area contributed by atoms with Gasteiger partial charge < -0.3 is 19.5 Å². The van der Waals surface area contributed by atoms with E-state index in [-0.39, 0.29) is 5.91 Å². The predicted molar refractivity (Wildman–Crippen MR) is 123 cm³/mol. The Bertz CT molecular complexity index is 910. The van der Waals surface area contributed by atoms with Gasteiger partial charge in [0, 0.05) is 32.3 Å². The molecule has 1 amide bonds. The topological polar surface area (TPSA) is 60.0 Å². The van der Waals surface area contributed by atoms with Crippen molar-refractivity contribution in [3.63, 3.8) is 0 Å². The van der Waals surface area contributed by atoms with Crippen LogP contribution in [0, 0.1) is 0 Å². The molecule has 0 aromatic heterocycles. The molecule has 1 aliphatic heterocycles. The van der Waals surface area contributed by atoms with E-state index in [2.05, 4.69) is 22.3 Å². The van der Waals surface area contributed by atoms with Crippen molar-refractivity contribution in [1.29, 1.82) is 0 Å². The molecule has 0 atom stereocenters. The summed E-state index contributed by atoms with van der Waals surface area (Å²) in [5.41, 5.74) is 3.09. The summed E-state index contributed by atoms with van der Waals surface area (Å²) in [4.78, 5) is 14.8. The van der Waals surface area contributed by atoms with E-state index in [1.807, 2.05) is 19.1 Å². The van der Waals surface area contributed by atoms with E-state index in [9.17, 15) is 4.79 Å². The van der Waals surface area contributed by atoms with Crippen LogP contribution in [0.1, 0.15) is 23.6 Å². The Balaban J connectivity index is 1.61. The minimum atomic E-state index is -0.175. The molecule has 1 saturated heterocycles. The quantitative estimate of drug-likeness (QED) is 0.594. The first-order valence-corrected chi connectivity index (χ1v) is 10.8. The van der Waals surface area contributed by atoms with Gasteiger partial charge in [0.1, 0.15) is 0 Å². The van der Waals surface area contributed by atoms with E-state index in [1.54, 1.807) is 25.3 Å². The lowest BCUT2D eigenvalue weighted by Gasteiger charge is -2.27. The van der Waals surface area contributed by atoms with Crippen LogP contribution in [0.15, 0.2) is 42.5 Å². The SMILES string of the molecule is CCOc1cc(C=CC(=O)NCc2ccccc2CN2CCOCC2)cc(Cl)c1OC. The summed E-state index contributed by atoms with van der Waals surface area (Å²) in [5.74, 6) is 0.864. The lowest BCUT2D eigenvalue weighted by atomic mass is 10.1. The van der Waals surface area contributed by atoms with Crippen molar-refractivity contribution in [3.05, 3.63) is 64.2 Å². The number of halogens is 1. The molecule has 0 aliphatic carbocycles. The summed E-state index contributed by atoms with van der Waals surface area (Å²) in [6.07, 6.45) is 3.21. The molecule has 2 aromatic carbocycles. The van der Waals surface area contributed by atoms with Crippen LogP contribution in [-0.4, -0.2) is 50.8 Å². The zero-order valence-corrected chi connectivity index (χ0v) is 18.8. The number of benzene rings is 2.